The number of anilines is 1. The lowest BCUT2D eigenvalue weighted by molar-refractivity contribution is -0.141. The van der Waals surface area contributed by atoms with Crippen LogP contribution in [0.3, 0.4) is 0 Å². The van der Waals surface area contributed by atoms with Gasteiger partial charge in [0.25, 0.3) is 0 Å². The van der Waals surface area contributed by atoms with Crippen molar-refractivity contribution in [2.75, 3.05) is 60.1 Å². The number of hydrogen-bond acceptors (Lipinski definition) is 10. The minimum Gasteiger partial charge on any atom is -0.493 e. The molecule has 0 aliphatic carbocycles. The molecule has 0 radical (unpaired) electrons. The Morgan fingerprint density at radius 3 is 2.37 bits per heavy atom. The molecule has 0 spiro atoms. The monoisotopic (exact) mass is 532 g/mol. The van der Waals surface area contributed by atoms with Gasteiger partial charge in [-0.2, -0.15) is 0 Å². The minimum absolute atomic E-state index is 0.0696. The molecule has 11 heteroatoms. The Balaban J connectivity index is 1.51. The highest BCUT2D eigenvalue weighted by Crippen LogP contribution is 2.39. The van der Waals surface area contributed by atoms with Gasteiger partial charge in [0, 0.05) is 18.5 Å². The summed E-state index contributed by atoms with van der Waals surface area (Å²) in [6.45, 7) is 1.14. The zero-order chi connectivity index (χ0) is 27.5. The third kappa shape index (κ3) is 7.65. The highest BCUT2D eigenvalue weighted by atomic mass is 16.5. The minimum atomic E-state index is -0.750. The summed E-state index contributed by atoms with van der Waals surface area (Å²) in [6, 6.07) is 7.22. The van der Waals surface area contributed by atoms with E-state index >= 15 is 0 Å². The molecule has 3 N–H and O–H groups in total. The summed E-state index contributed by atoms with van der Waals surface area (Å²) in [5.74, 6) is 2.25. The Hall–Kier alpha value is -3.70. The highest BCUT2D eigenvalue weighted by Gasteiger charge is 2.23. The first kappa shape index (κ1) is 28.9. The van der Waals surface area contributed by atoms with Gasteiger partial charge in [-0.15, -0.1) is 0 Å². The van der Waals surface area contributed by atoms with Gasteiger partial charge in [-0.05, 0) is 49.2 Å². The van der Waals surface area contributed by atoms with Crippen molar-refractivity contribution in [1.29, 1.82) is 0 Å². The third-order valence-electron chi connectivity index (χ3n) is 6.02. The van der Waals surface area contributed by atoms with Gasteiger partial charge in [0.1, 0.15) is 24.2 Å². The number of rotatable bonds is 15. The van der Waals surface area contributed by atoms with Gasteiger partial charge in [-0.25, -0.2) is 0 Å². The summed E-state index contributed by atoms with van der Waals surface area (Å²) in [4.78, 5) is 23.3. The van der Waals surface area contributed by atoms with Crippen molar-refractivity contribution in [3.05, 3.63) is 35.4 Å². The summed E-state index contributed by atoms with van der Waals surface area (Å²) >= 11 is 0. The summed E-state index contributed by atoms with van der Waals surface area (Å²) in [7, 11) is 6.03. The van der Waals surface area contributed by atoms with Gasteiger partial charge in [0.05, 0.1) is 47.2 Å². The molecule has 0 aromatic heterocycles. The van der Waals surface area contributed by atoms with Crippen molar-refractivity contribution >= 4 is 17.6 Å². The normalized spacial score (nSPS) is 13.1. The number of fused-ring (bicyclic) bond motifs is 1. The van der Waals surface area contributed by atoms with E-state index in [2.05, 4.69) is 15.4 Å². The molecular formula is C27H36N2O9. The van der Waals surface area contributed by atoms with Gasteiger partial charge < -0.3 is 44.2 Å². The SMILES string of the molecule is COC(=O)CCOc1ccc(OCC(O)CNCCc2cc(OC)c(OC)c(OC)c2)c2c1NC(=O)CC2. The van der Waals surface area contributed by atoms with Crippen molar-refractivity contribution < 1.29 is 43.1 Å². The van der Waals surface area contributed by atoms with Crippen LogP contribution < -0.4 is 34.3 Å². The standard InChI is InChI=1S/C27H36N2O9/c1-33-22-13-17(14-23(34-2)27(22)36-4)9-11-28-15-18(30)16-38-20-6-7-21(37-12-10-25(32)35-3)26-19(20)5-8-24(31)29-26/h6-7,13-14,18,28,30H,5,8-12,15-16H2,1-4H3,(H,29,31). The molecule has 0 fully saturated rings. The fraction of sp³-hybridized carbons (Fsp3) is 0.481. The van der Waals surface area contributed by atoms with Crippen LogP contribution in [0.25, 0.3) is 0 Å². The first-order valence-electron chi connectivity index (χ1n) is 12.4. The maximum atomic E-state index is 12.0. The molecule has 3 rings (SSSR count). The van der Waals surface area contributed by atoms with Crippen LogP contribution in [0.5, 0.6) is 28.7 Å². The fourth-order valence-corrected chi connectivity index (χ4v) is 4.06. The quantitative estimate of drug-likeness (QED) is 0.231. The molecule has 2 aromatic rings. The Labute approximate surface area is 222 Å². The van der Waals surface area contributed by atoms with Crippen molar-refractivity contribution in [3.63, 3.8) is 0 Å². The number of hydrogen-bond donors (Lipinski definition) is 3. The molecule has 1 aliphatic heterocycles. The molecule has 0 saturated carbocycles. The molecule has 1 amide bonds. The van der Waals surface area contributed by atoms with Crippen LogP contribution in [0.1, 0.15) is 24.0 Å². The van der Waals surface area contributed by atoms with E-state index in [1.807, 2.05) is 12.1 Å². The first-order chi connectivity index (χ1) is 18.4. The Morgan fingerprint density at radius 1 is 1.00 bits per heavy atom. The van der Waals surface area contributed by atoms with E-state index in [4.69, 9.17) is 23.7 Å². The molecule has 2 aromatic carbocycles. The molecule has 1 aliphatic rings. The van der Waals surface area contributed by atoms with E-state index in [1.165, 1.54) is 7.11 Å². The first-order valence-corrected chi connectivity index (χ1v) is 12.4. The van der Waals surface area contributed by atoms with Crippen LogP contribution in [-0.4, -0.2) is 77.8 Å². The molecule has 1 atom stereocenters. The number of methoxy groups -OCH3 is 4. The summed E-state index contributed by atoms with van der Waals surface area (Å²) in [6.07, 6.45) is 0.832. The number of esters is 1. The Morgan fingerprint density at radius 2 is 1.71 bits per heavy atom. The lowest BCUT2D eigenvalue weighted by atomic mass is 10.0. The molecule has 0 saturated heterocycles. The second-order valence-corrected chi connectivity index (χ2v) is 8.59. The van der Waals surface area contributed by atoms with Crippen molar-refractivity contribution in [2.24, 2.45) is 0 Å². The number of aliphatic hydroxyl groups excluding tert-OH is 1. The van der Waals surface area contributed by atoms with E-state index < -0.39 is 6.10 Å². The number of aliphatic hydroxyl groups is 1. The van der Waals surface area contributed by atoms with Crippen LogP contribution >= 0.6 is 0 Å². The largest absolute Gasteiger partial charge is 0.493 e. The van der Waals surface area contributed by atoms with Crippen molar-refractivity contribution in [2.45, 2.75) is 31.8 Å². The molecule has 0 bridgehead atoms. The number of benzene rings is 2. The van der Waals surface area contributed by atoms with Crippen molar-refractivity contribution in [1.82, 2.24) is 5.32 Å². The molecular weight excluding hydrogens is 496 g/mol. The third-order valence-corrected chi connectivity index (χ3v) is 6.02. The molecule has 11 nitrogen and oxygen atoms in total. The van der Waals surface area contributed by atoms with Gasteiger partial charge in [-0.1, -0.05) is 0 Å². The lowest BCUT2D eigenvalue weighted by Gasteiger charge is -2.23. The topological polar surface area (TPSA) is 134 Å². The van der Waals surface area contributed by atoms with Gasteiger partial charge >= 0.3 is 5.97 Å². The van der Waals surface area contributed by atoms with Crippen LogP contribution in [0.2, 0.25) is 0 Å². The molecule has 1 unspecified atom stereocenters. The van der Waals surface area contributed by atoms with Crippen LogP contribution in [-0.2, 0) is 27.2 Å². The lowest BCUT2D eigenvalue weighted by Crippen LogP contribution is -2.32. The van der Waals surface area contributed by atoms with E-state index in [1.54, 1.807) is 33.5 Å². The van der Waals surface area contributed by atoms with Crippen molar-refractivity contribution in [3.8, 4) is 28.7 Å². The smallest absolute Gasteiger partial charge is 0.308 e. The zero-order valence-electron chi connectivity index (χ0n) is 22.3. The summed E-state index contributed by atoms with van der Waals surface area (Å²) in [5, 5.41) is 16.5. The van der Waals surface area contributed by atoms with Gasteiger partial charge in [-0.3, -0.25) is 9.59 Å². The number of carbonyl (C=O) groups is 2. The average Bonchev–Trinajstić information content (AvgIpc) is 2.93. The molecule has 38 heavy (non-hydrogen) atoms. The Bertz CT molecular complexity index is 1080. The average molecular weight is 533 g/mol. The predicted molar refractivity (Wildman–Crippen MR) is 140 cm³/mol. The van der Waals surface area contributed by atoms with E-state index in [0.29, 0.717) is 66.8 Å². The maximum Gasteiger partial charge on any atom is 0.308 e. The summed E-state index contributed by atoms with van der Waals surface area (Å²) in [5.41, 5.74) is 2.32. The highest BCUT2D eigenvalue weighted by molar-refractivity contribution is 5.96. The fourth-order valence-electron chi connectivity index (χ4n) is 4.06. The molecule has 1 heterocycles. The zero-order valence-corrected chi connectivity index (χ0v) is 22.3. The van der Waals surface area contributed by atoms with Crippen LogP contribution in [0, 0.1) is 0 Å². The van der Waals surface area contributed by atoms with Gasteiger partial charge in [0.15, 0.2) is 11.5 Å². The number of ether oxygens (including phenoxy) is 6. The van der Waals surface area contributed by atoms with Gasteiger partial charge in [0.2, 0.25) is 11.7 Å². The second-order valence-electron chi connectivity index (χ2n) is 8.59. The van der Waals surface area contributed by atoms with Crippen LogP contribution in [0.15, 0.2) is 24.3 Å². The van der Waals surface area contributed by atoms with E-state index in [9.17, 15) is 14.7 Å². The van der Waals surface area contributed by atoms with E-state index in [0.717, 1.165) is 11.1 Å². The Kier molecular flexibility index (Phi) is 10.9. The number of carbonyl (C=O) groups excluding carboxylic acids is 2. The predicted octanol–water partition coefficient (Wildman–Crippen LogP) is 2.11. The van der Waals surface area contributed by atoms with E-state index in [-0.39, 0.29) is 31.5 Å². The maximum absolute atomic E-state index is 12.0. The number of amides is 1. The van der Waals surface area contributed by atoms with Crippen LogP contribution in [0.4, 0.5) is 5.69 Å². The number of nitrogens with one attached hydrogen (secondary N) is 2. The summed E-state index contributed by atoms with van der Waals surface area (Å²) < 4.78 is 32.4. The second kappa shape index (κ2) is 14.3. The molecule has 208 valence electrons.